The van der Waals surface area contributed by atoms with Crippen molar-refractivity contribution in [3.05, 3.63) is 24.0 Å². The van der Waals surface area contributed by atoms with E-state index < -0.39 is 0 Å². The Balaban J connectivity index is 1.66. The maximum Gasteiger partial charge on any atom is 0.113 e. The number of anilines is 1. The third-order valence-corrected chi connectivity index (χ3v) is 4.58. The highest BCUT2D eigenvalue weighted by Gasteiger charge is 2.29. The summed E-state index contributed by atoms with van der Waals surface area (Å²) in [4.78, 5) is 7.41. The molecule has 0 amide bonds. The quantitative estimate of drug-likeness (QED) is 0.869. The number of nitrogens with two attached hydrogens (primary N) is 1. The molecule has 2 aromatic rings. The Labute approximate surface area is 119 Å². The molecule has 106 valence electrons. The largest absolute Gasteiger partial charge is 0.399 e. The van der Waals surface area contributed by atoms with Crippen molar-refractivity contribution >= 4 is 16.7 Å². The Bertz CT molecular complexity index is 621. The van der Waals surface area contributed by atoms with Crippen LogP contribution in [-0.2, 0) is 6.54 Å². The number of nitrogen functional groups attached to an aromatic ring is 1. The van der Waals surface area contributed by atoms with Crippen LogP contribution in [0.5, 0.6) is 0 Å². The maximum atomic E-state index is 5.89. The molecule has 20 heavy (non-hydrogen) atoms. The van der Waals surface area contributed by atoms with Gasteiger partial charge in [-0.3, -0.25) is 0 Å². The van der Waals surface area contributed by atoms with E-state index >= 15 is 0 Å². The number of hydrogen-bond donors (Lipinski definition) is 1. The van der Waals surface area contributed by atoms with Gasteiger partial charge in [-0.15, -0.1) is 0 Å². The molecule has 4 rings (SSSR count). The molecule has 1 aliphatic carbocycles. The molecule has 0 spiro atoms. The van der Waals surface area contributed by atoms with E-state index in [9.17, 15) is 0 Å². The lowest BCUT2D eigenvalue weighted by Crippen LogP contribution is -2.24. The van der Waals surface area contributed by atoms with Gasteiger partial charge < -0.3 is 15.2 Å². The second kappa shape index (κ2) is 4.77. The molecule has 1 aromatic heterocycles. The summed E-state index contributed by atoms with van der Waals surface area (Å²) in [5.41, 5.74) is 9.01. The van der Waals surface area contributed by atoms with Gasteiger partial charge in [0.2, 0.25) is 0 Å². The SMILES string of the molecule is Nc1ccc2c(c1)nc(C1CC1)n2CCN1CCCC1. The second-order valence-electron chi connectivity index (χ2n) is 6.19. The smallest absolute Gasteiger partial charge is 0.113 e. The fourth-order valence-electron chi connectivity index (χ4n) is 3.30. The number of hydrogen-bond acceptors (Lipinski definition) is 3. The summed E-state index contributed by atoms with van der Waals surface area (Å²) in [5, 5.41) is 0. The van der Waals surface area contributed by atoms with Gasteiger partial charge in [0.25, 0.3) is 0 Å². The zero-order valence-corrected chi connectivity index (χ0v) is 11.9. The van der Waals surface area contributed by atoms with Gasteiger partial charge in [-0.1, -0.05) is 0 Å². The van der Waals surface area contributed by atoms with Crippen LogP contribution in [0.2, 0.25) is 0 Å². The van der Waals surface area contributed by atoms with Crippen molar-refractivity contribution in [2.45, 2.75) is 38.1 Å². The van der Waals surface area contributed by atoms with E-state index in [0.717, 1.165) is 24.3 Å². The summed E-state index contributed by atoms with van der Waals surface area (Å²) < 4.78 is 2.44. The fourth-order valence-corrected chi connectivity index (χ4v) is 3.30. The van der Waals surface area contributed by atoms with Gasteiger partial charge in [0.1, 0.15) is 5.82 Å². The van der Waals surface area contributed by atoms with E-state index in [1.54, 1.807) is 0 Å². The predicted octanol–water partition coefficient (Wildman–Crippen LogP) is 2.59. The van der Waals surface area contributed by atoms with Crippen LogP contribution in [0.3, 0.4) is 0 Å². The standard InChI is InChI=1S/C16H22N4/c17-13-5-6-15-14(11-13)18-16(12-3-4-12)20(15)10-9-19-7-1-2-8-19/h5-6,11-12H,1-4,7-10,17H2. The van der Waals surface area contributed by atoms with Gasteiger partial charge in [-0.05, 0) is 57.0 Å². The molecule has 0 radical (unpaired) electrons. The van der Waals surface area contributed by atoms with Crippen molar-refractivity contribution in [3.8, 4) is 0 Å². The normalized spacial score (nSPS) is 20.0. The molecular weight excluding hydrogens is 248 g/mol. The highest BCUT2D eigenvalue weighted by atomic mass is 15.2. The lowest BCUT2D eigenvalue weighted by Gasteiger charge is -2.16. The Morgan fingerprint density at radius 1 is 1.15 bits per heavy atom. The maximum absolute atomic E-state index is 5.89. The molecule has 2 fully saturated rings. The molecule has 1 saturated carbocycles. The lowest BCUT2D eigenvalue weighted by molar-refractivity contribution is 0.322. The molecule has 4 nitrogen and oxygen atoms in total. The van der Waals surface area contributed by atoms with Crippen molar-refractivity contribution in [2.24, 2.45) is 0 Å². The molecule has 0 atom stereocenters. The zero-order chi connectivity index (χ0) is 13.5. The molecule has 4 heteroatoms. The number of likely N-dealkylation sites (tertiary alicyclic amines) is 1. The monoisotopic (exact) mass is 270 g/mol. The van der Waals surface area contributed by atoms with Crippen molar-refractivity contribution < 1.29 is 0 Å². The van der Waals surface area contributed by atoms with Crippen LogP contribution >= 0.6 is 0 Å². The van der Waals surface area contributed by atoms with Crippen molar-refractivity contribution in [1.82, 2.24) is 14.5 Å². The van der Waals surface area contributed by atoms with E-state index in [2.05, 4.69) is 15.5 Å². The van der Waals surface area contributed by atoms with Gasteiger partial charge in [-0.25, -0.2) is 4.98 Å². The van der Waals surface area contributed by atoms with E-state index in [1.807, 2.05) is 12.1 Å². The first-order valence-corrected chi connectivity index (χ1v) is 7.79. The summed E-state index contributed by atoms with van der Waals surface area (Å²) in [5.74, 6) is 1.96. The van der Waals surface area contributed by atoms with Crippen LogP contribution in [0.25, 0.3) is 11.0 Å². The average Bonchev–Trinajstić information content (AvgIpc) is 3.03. The molecule has 1 aromatic carbocycles. The van der Waals surface area contributed by atoms with Crippen molar-refractivity contribution in [1.29, 1.82) is 0 Å². The summed E-state index contributed by atoms with van der Waals surface area (Å²) in [6.45, 7) is 4.73. The van der Waals surface area contributed by atoms with Gasteiger partial charge in [-0.2, -0.15) is 0 Å². The average molecular weight is 270 g/mol. The van der Waals surface area contributed by atoms with Crippen molar-refractivity contribution in [2.75, 3.05) is 25.4 Å². The third kappa shape index (κ3) is 2.18. The minimum absolute atomic E-state index is 0.683. The van der Waals surface area contributed by atoms with Gasteiger partial charge >= 0.3 is 0 Å². The highest BCUT2D eigenvalue weighted by Crippen LogP contribution is 2.40. The number of rotatable bonds is 4. The topological polar surface area (TPSA) is 47.1 Å². The van der Waals surface area contributed by atoms with E-state index in [1.165, 1.54) is 50.1 Å². The number of benzene rings is 1. The summed E-state index contributed by atoms with van der Waals surface area (Å²) in [6.07, 6.45) is 5.30. The van der Waals surface area contributed by atoms with Gasteiger partial charge in [0.15, 0.2) is 0 Å². The van der Waals surface area contributed by atoms with Crippen LogP contribution in [0.15, 0.2) is 18.2 Å². The molecular formula is C16H22N4. The Hall–Kier alpha value is -1.55. The fraction of sp³-hybridized carbons (Fsp3) is 0.562. The van der Waals surface area contributed by atoms with Crippen molar-refractivity contribution in [3.63, 3.8) is 0 Å². The summed E-state index contributed by atoms with van der Waals surface area (Å²) in [6, 6.07) is 6.13. The second-order valence-corrected chi connectivity index (χ2v) is 6.19. The summed E-state index contributed by atoms with van der Waals surface area (Å²) in [7, 11) is 0. The minimum atomic E-state index is 0.683. The zero-order valence-electron chi connectivity index (χ0n) is 11.9. The first-order valence-electron chi connectivity index (χ1n) is 7.79. The van der Waals surface area contributed by atoms with Crippen LogP contribution < -0.4 is 5.73 Å². The Morgan fingerprint density at radius 3 is 2.70 bits per heavy atom. The Morgan fingerprint density at radius 2 is 1.95 bits per heavy atom. The number of imidazole rings is 1. The molecule has 0 bridgehead atoms. The van der Waals surface area contributed by atoms with Crippen LogP contribution in [-0.4, -0.2) is 34.1 Å². The molecule has 1 saturated heterocycles. The number of fused-ring (bicyclic) bond motifs is 1. The highest BCUT2D eigenvalue weighted by molar-refractivity contribution is 5.79. The molecule has 2 N–H and O–H groups in total. The first kappa shape index (κ1) is 12.2. The molecule has 2 aliphatic rings. The van der Waals surface area contributed by atoms with E-state index in [4.69, 9.17) is 10.7 Å². The number of nitrogens with zero attached hydrogens (tertiary/aromatic N) is 3. The van der Waals surface area contributed by atoms with Crippen LogP contribution in [0, 0.1) is 0 Å². The molecule has 0 unspecified atom stereocenters. The first-order chi connectivity index (χ1) is 9.81. The summed E-state index contributed by atoms with van der Waals surface area (Å²) >= 11 is 0. The lowest BCUT2D eigenvalue weighted by atomic mass is 10.3. The van der Waals surface area contributed by atoms with E-state index in [-0.39, 0.29) is 0 Å². The van der Waals surface area contributed by atoms with Crippen LogP contribution in [0.1, 0.15) is 37.4 Å². The van der Waals surface area contributed by atoms with Crippen LogP contribution in [0.4, 0.5) is 5.69 Å². The molecule has 1 aliphatic heterocycles. The van der Waals surface area contributed by atoms with Gasteiger partial charge in [0.05, 0.1) is 11.0 Å². The predicted molar refractivity (Wildman–Crippen MR) is 81.8 cm³/mol. The third-order valence-electron chi connectivity index (χ3n) is 4.58. The Kier molecular flexibility index (Phi) is 2.91. The van der Waals surface area contributed by atoms with Gasteiger partial charge in [0, 0.05) is 24.7 Å². The number of aromatic nitrogens is 2. The molecule has 2 heterocycles. The minimum Gasteiger partial charge on any atom is -0.399 e. The van der Waals surface area contributed by atoms with E-state index in [0.29, 0.717) is 5.92 Å².